The van der Waals surface area contributed by atoms with E-state index < -0.39 is 35.8 Å². The minimum Gasteiger partial charge on any atom is -0.372 e. The molecule has 3 aliphatic heterocycles. The number of thiazole rings is 1. The molecule has 2 N–H and O–H groups in total. The number of aryl methyl sites for hydroxylation is 1. The number of carbonyl (C=O) groups is 1. The molecule has 172 valence electrons. The minimum absolute atomic E-state index is 0.115. The number of morpholine rings is 1. The molecule has 0 radical (unpaired) electrons. The highest BCUT2D eigenvalue weighted by atomic mass is 32.1. The first-order chi connectivity index (χ1) is 15.1. The number of hydrogen-bond acceptors (Lipinski definition) is 9. The third-order valence-electron chi connectivity index (χ3n) is 6.27. The summed E-state index contributed by atoms with van der Waals surface area (Å²) in [5.74, 6) is -0.482. The van der Waals surface area contributed by atoms with Crippen molar-refractivity contribution in [2.45, 2.75) is 50.3 Å². The molecule has 0 aliphatic carbocycles. The van der Waals surface area contributed by atoms with E-state index in [2.05, 4.69) is 9.97 Å². The molecular weight excluding hydrogens is 449 g/mol. The Hall–Kier alpha value is -2.51. The molecule has 0 saturated carbocycles. The Kier molecular flexibility index (Phi) is 4.84. The number of ketones is 1. The second-order valence-corrected chi connectivity index (χ2v) is 9.27. The second kappa shape index (κ2) is 7.25. The average Bonchev–Trinajstić information content (AvgIpc) is 3.40. The van der Waals surface area contributed by atoms with E-state index in [0.29, 0.717) is 18.7 Å². The number of hydrogen-bond donors (Lipinski definition) is 1. The molecule has 3 atom stereocenters. The van der Waals surface area contributed by atoms with Crippen LogP contribution in [0.1, 0.15) is 28.2 Å². The predicted octanol–water partition coefficient (Wildman–Crippen LogP) is 1.30. The number of fused-ring (bicyclic) bond motifs is 3. The van der Waals surface area contributed by atoms with E-state index in [-0.39, 0.29) is 42.3 Å². The molecule has 2 aromatic heterocycles. The Morgan fingerprint density at radius 2 is 2.22 bits per heavy atom. The van der Waals surface area contributed by atoms with Crippen molar-refractivity contribution >= 4 is 28.9 Å². The molecule has 32 heavy (non-hydrogen) atoms. The van der Waals surface area contributed by atoms with E-state index in [1.807, 2.05) is 0 Å². The lowest BCUT2D eigenvalue weighted by atomic mass is 10.1. The van der Waals surface area contributed by atoms with E-state index in [9.17, 15) is 22.8 Å². The Morgan fingerprint density at radius 1 is 1.44 bits per heavy atom. The normalized spacial score (nSPS) is 27.2. The van der Waals surface area contributed by atoms with Gasteiger partial charge in [-0.15, -0.1) is 11.3 Å². The number of ether oxygens (including phenoxy) is 1. The van der Waals surface area contributed by atoms with E-state index in [0.717, 1.165) is 16.2 Å². The van der Waals surface area contributed by atoms with E-state index in [1.54, 1.807) is 11.8 Å². The van der Waals surface area contributed by atoms with Crippen molar-refractivity contribution in [1.29, 1.82) is 0 Å². The second-order valence-electron chi connectivity index (χ2n) is 8.42. The fourth-order valence-corrected chi connectivity index (χ4v) is 5.44. The van der Waals surface area contributed by atoms with E-state index in [1.165, 1.54) is 16.1 Å². The molecule has 13 heteroatoms. The smallest absolute Gasteiger partial charge is 0.372 e. The fourth-order valence-electron chi connectivity index (χ4n) is 4.70. The van der Waals surface area contributed by atoms with Crippen LogP contribution in [0, 0.1) is 6.92 Å². The minimum atomic E-state index is -4.60. The quantitative estimate of drug-likeness (QED) is 0.667. The molecule has 3 unspecified atom stereocenters. The summed E-state index contributed by atoms with van der Waals surface area (Å²) in [7, 11) is 0. The van der Waals surface area contributed by atoms with Crippen molar-refractivity contribution in [1.82, 2.24) is 14.5 Å². The number of nitrogens with zero attached hydrogens (tertiary/aromatic N) is 5. The highest BCUT2D eigenvalue weighted by molar-refractivity contribution is 7.12. The lowest BCUT2D eigenvalue weighted by molar-refractivity contribution is -0.152. The Bertz CT molecular complexity index is 1130. The van der Waals surface area contributed by atoms with Crippen LogP contribution in [0.15, 0.2) is 16.4 Å². The molecule has 0 amide bonds. The van der Waals surface area contributed by atoms with Crippen LogP contribution in [0.2, 0.25) is 0 Å². The van der Waals surface area contributed by atoms with Gasteiger partial charge in [0.1, 0.15) is 17.5 Å². The Balaban J connectivity index is 1.57. The Labute approximate surface area is 184 Å². The van der Waals surface area contributed by atoms with Crippen LogP contribution < -0.4 is 21.1 Å². The van der Waals surface area contributed by atoms with E-state index >= 15 is 0 Å². The maximum absolute atomic E-state index is 13.9. The zero-order valence-electron chi connectivity index (χ0n) is 17.1. The first-order valence-corrected chi connectivity index (χ1v) is 11.0. The summed E-state index contributed by atoms with van der Waals surface area (Å²) in [6, 6.07) is -0.646. The zero-order valence-corrected chi connectivity index (χ0v) is 17.9. The molecular formula is C19H21F3N6O3S. The summed E-state index contributed by atoms with van der Waals surface area (Å²) in [5.41, 5.74) is 6.98. The maximum atomic E-state index is 13.9. The van der Waals surface area contributed by atoms with Crippen molar-refractivity contribution in [2.24, 2.45) is 5.73 Å². The molecule has 5 heterocycles. The molecule has 2 fully saturated rings. The lowest BCUT2D eigenvalue weighted by Gasteiger charge is -2.40. The van der Waals surface area contributed by atoms with E-state index in [4.69, 9.17) is 10.5 Å². The van der Waals surface area contributed by atoms with Crippen LogP contribution in [0.3, 0.4) is 0 Å². The summed E-state index contributed by atoms with van der Waals surface area (Å²) in [4.78, 5) is 37.0. The fraction of sp³-hybridized carbons (Fsp3) is 0.579. The molecule has 3 aliphatic rings. The van der Waals surface area contributed by atoms with Gasteiger partial charge in [0, 0.05) is 25.6 Å². The van der Waals surface area contributed by atoms with Crippen LogP contribution in [-0.4, -0.2) is 64.0 Å². The third kappa shape index (κ3) is 3.39. The van der Waals surface area contributed by atoms with Gasteiger partial charge >= 0.3 is 6.18 Å². The molecule has 9 nitrogen and oxygen atoms in total. The zero-order chi connectivity index (χ0) is 22.8. The molecule has 0 spiro atoms. The number of alkyl halides is 3. The average molecular weight is 470 g/mol. The van der Waals surface area contributed by atoms with Crippen molar-refractivity contribution < 1.29 is 22.7 Å². The number of Topliss-reactive ketones (excluding diaryl/α,β-unsaturated/α-hetero) is 1. The maximum Gasteiger partial charge on any atom is 0.408 e. The number of carbonyl (C=O) groups excluding carboxylic acids is 1. The van der Waals surface area contributed by atoms with Crippen molar-refractivity contribution in [3.8, 4) is 0 Å². The number of halogens is 3. The summed E-state index contributed by atoms with van der Waals surface area (Å²) < 4.78 is 48.5. The third-order valence-corrected chi connectivity index (χ3v) is 7.24. The van der Waals surface area contributed by atoms with Crippen LogP contribution in [0.25, 0.3) is 0 Å². The summed E-state index contributed by atoms with van der Waals surface area (Å²) in [5, 5.41) is 0. The highest BCUT2D eigenvalue weighted by Crippen LogP contribution is 2.39. The first-order valence-electron chi connectivity index (χ1n) is 10.1. The summed E-state index contributed by atoms with van der Waals surface area (Å²) >= 11 is 1.07. The number of nitrogens with two attached hydrogens (primary N) is 1. The number of anilines is 2. The van der Waals surface area contributed by atoms with Gasteiger partial charge in [0.2, 0.25) is 5.95 Å². The van der Waals surface area contributed by atoms with Gasteiger partial charge in [-0.05, 0) is 13.3 Å². The summed E-state index contributed by atoms with van der Waals surface area (Å²) in [6.07, 6.45) is -4.52. The Morgan fingerprint density at radius 3 is 2.81 bits per heavy atom. The van der Waals surface area contributed by atoms with Gasteiger partial charge in [-0.2, -0.15) is 18.2 Å². The molecule has 2 bridgehead atoms. The lowest BCUT2D eigenvalue weighted by Crippen LogP contribution is -2.57. The van der Waals surface area contributed by atoms with Crippen LogP contribution in [0.5, 0.6) is 0 Å². The van der Waals surface area contributed by atoms with Gasteiger partial charge in [-0.1, -0.05) is 0 Å². The van der Waals surface area contributed by atoms with Gasteiger partial charge in [-0.25, -0.2) is 4.98 Å². The largest absolute Gasteiger partial charge is 0.408 e. The monoisotopic (exact) mass is 470 g/mol. The van der Waals surface area contributed by atoms with Crippen molar-refractivity contribution in [2.75, 3.05) is 29.5 Å². The predicted molar refractivity (Wildman–Crippen MR) is 110 cm³/mol. The summed E-state index contributed by atoms with van der Waals surface area (Å²) in [6.45, 7) is 1.56. The van der Waals surface area contributed by atoms with Crippen LogP contribution in [-0.2, 0) is 11.3 Å². The molecule has 2 aromatic rings. The van der Waals surface area contributed by atoms with Crippen molar-refractivity contribution in [3.05, 3.63) is 32.5 Å². The van der Waals surface area contributed by atoms with Gasteiger partial charge in [0.25, 0.3) is 5.56 Å². The first kappa shape index (κ1) is 21.3. The molecule has 5 rings (SSSR count). The standard InChI is InChI=1S/C19H21F3N6O3S/c1-10-16(32-9-24-10)12(29)7-27-13(19(20,21)22)2-3-26-15(30)4-14(25-17(26)27)28-6-11-5-18(28,23)8-31-11/h4,9,11,13H,2-3,5-8,23H2,1H3. The van der Waals surface area contributed by atoms with Gasteiger partial charge in [0.05, 0.1) is 35.3 Å². The number of aromatic nitrogens is 3. The van der Waals surface area contributed by atoms with Crippen LogP contribution >= 0.6 is 11.3 Å². The molecule has 0 aromatic carbocycles. The number of rotatable bonds is 4. The van der Waals surface area contributed by atoms with Crippen LogP contribution in [0.4, 0.5) is 24.9 Å². The van der Waals surface area contributed by atoms with Gasteiger partial charge in [-0.3, -0.25) is 14.2 Å². The molecule has 2 saturated heterocycles. The van der Waals surface area contributed by atoms with Gasteiger partial charge in [0.15, 0.2) is 5.78 Å². The topological polar surface area (TPSA) is 107 Å². The van der Waals surface area contributed by atoms with Gasteiger partial charge < -0.3 is 20.3 Å². The SMILES string of the molecule is Cc1ncsc1C(=O)CN1c2nc(N3CC4CC3(N)CO4)cc(=O)n2CCC1C(F)(F)F. The van der Waals surface area contributed by atoms with Crippen molar-refractivity contribution in [3.63, 3.8) is 0 Å². The highest BCUT2D eigenvalue weighted by Gasteiger charge is 2.51.